The van der Waals surface area contributed by atoms with Crippen LogP contribution in [0, 0.1) is 6.92 Å². The maximum absolute atomic E-state index is 12.0. The Bertz CT molecular complexity index is 718. The topological polar surface area (TPSA) is 64.6 Å². The van der Waals surface area contributed by atoms with E-state index in [1.54, 1.807) is 30.3 Å². The molecule has 126 valence electrons. The van der Waals surface area contributed by atoms with Gasteiger partial charge in [0.25, 0.3) is 5.91 Å². The zero-order chi connectivity index (χ0) is 17.5. The number of carbonyl (C=O) groups excluding carboxylic acids is 2. The molecule has 0 unspecified atom stereocenters. The van der Waals surface area contributed by atoms with Gasteiger partial charge in [-0.2, -0.15) is 0 Å². The molecule has 1 atom stereocenters. The first kappa shape index (κ1) is 18.0. The lowest BCUT2D eigenvalue weighted by molar-refractivity contribution is -0.155. The van der Waals surface area contributed by atoms with E-state index in [4.69, 9.17) is 9.47 Å². The van der Waals surface area contributed by atoms with E-state index in [0.717, 1.165) is 10.0 Å². The molecule has 0 heterocycles. The Morgan fingerprint density at radius 1 is 1.17 bits per heavy atom. The molecule has 0 saturated carbocycles. The lowest BCUT2D eigenvalue weighted by Gasteiger charge is -2.14. The van der Waals surface area contributed by atoms with Crippen LogP contribution in [0.2, 0.25) is 0 Å². The maximum Gasteiger partial charge on any atom is 0.344 e. The number of halogens is 1. The predicted octanol–water partition coefficient (Wildman–Crippen LogP) is 3.71. The number of para-hydroxylation sites is 1. The molecule has 0 fully saturated rings. The number of ether oxygens (including phenoxy) is 2. The first-order valence-electron chi connectivity index (χ1n) is 7.40. The van der Waals surface area contributed by atoms with Gasteiger partial charge in [0.2, 0.25) is 0 Å². The van der Waals surface area contributed by atoms with Crippen molar-refractivity contribution in [1.82, 2.24) is 0 Å². The van der Waals surface area contributed by atoms with E-state index < -0.39 is 18.0 Å². The van der Waals surface area contributed by atoms with Crippen molar-refractivity contribution in [3.8, 4) is 5.75 Å². The molecule has 0 aliphatic rings. The third-order valence-electron chi connectivity index (χ3n) is 3.15. The fraction of sp³-hybridized carbons (Fsp3) is 0.222. The predicted molar refractivity (Wildman–Crippen MR) is 95.0 cm³/mol. The number of amides is 1. The molecule has 0 spiro atoms. The van der Waals surface area contributed by atoms with Crippen LogP contribution in [-0.4, -0.2) is 24.6 Å². The Morgan fingerprint density at radius 2 is 1.88 bits per heavy atom. The Kier molecular flexibility index (Phi) is 6.37. The van der Waals surface area contributed by atoms with Crippen LogP contribution in [0.25, 0.3) is 0 Å². The third kappa shape index (κ3) is 5.38. The fourth-order valence-electron chi connectivity index (χ4n) is 1.91. The van der Waals surface area contributed by atoms with Crippen LogP contribution in [0.5, 0.6) is 5.75 Å². The number of carbonyl (C=O) groups is 2. The SMILES string of the molecule is Cc1ccc(OCC(=O)O[C@@H](C)C(=O)Nc2ccccc2)c(Br)c1. The third-order valence-corrected chi connectivity index (χ3v) is 3.77. The van der Waals surface area contributed by atoms with Gasteiger partial charge in [-0.3, -0.25) is 4.79 Å². The monoisotopic (exact) mass is 391 g/mol. The summed E-state index contributed by atoms with van der Waals surface area (Å²) >= 11 is 3.37. The van der Waals surface area contributed by atoms with Crippen LogP contribution in [0.15, 0.2) is 53.0 Å². The largest absolute Gasteiger partial charge is 0.481 e. The average molecular weight is 392 g/mol. The molecule has 2 aromatic rings. The van der Waals surface area contributed by atoms with Gasteiger partial charge in [-0.15, -0.1) is 0 Å². The Hall–Kier alpha value is -2.34. The van der Waals surface area contributed by atoms with Crippen LogP contribution >= 0.6 is 15.9 Å². The molecule has 0 bridgehead atoms. The van der Waals surface area contributed by atoms with Crippen molar-refractivity contribution in [3.63, 3.8) is 0 Å². The quantitative estimate of drug-likeness (QED) is 0.762. The van der Waals surface area contributed by atoms with E-state index in [1.165, 1.54) is 6.92 Å². The highest BCUT2D eigenvalue weighted by Crippen LogP contribution is 2.25. The summed E-state index contributed by atoms with van der Waals surface area (Å²) in [6.45, 7) is 3.19. The lowest BCUT2D eigenvalue weighted by atomic mass is 10.2. The minimum atomic E-state index is -0.914. The standard InChI is InChI=1S/C18H18BrNO4/c1-12-8-9-16(15(19)10-12)23-11-17(21)24-13(2)18(22)20-14-6-4-3-5-7-14/h3-10,13H,11H2,1-2H3,(H,20,22)/t13-/m0/s1. The summed E-state index contributed by atoms with van der Waals surface area (Å²) in [6, 6.07) is 14.5. The minimum Gasteiger partial charge on any atom is -0.481 e. The van der Waals surface area contributed by atoms with Crippen molar-refractivity contribution in [2.45, 2.75) is 20.0 Å². The van der Waals surface area contributed by atoms with Crippen LogP contribution in [0.4, 0.5) is 5.69 Å². The van der Waals surface area contributed by atoms with E-state index in [1.807, 2.05) is 25.1 Å². The number of rotatable bonds is 6. The summed E-state index contributed by atoms with van der Waals surface area (Å²) in [5.41, 5.74) is 1.72. The molecule has 0 aliphatic heterocycles. The number of anilines is 1. The number of hydrogen-bond acceptors (Lipinski definition) is 4. The number of esters is 1. The van der Waals surface area contributed by atoms with Crippen molar-refractivity contribution in [3.05, 3.63) is 58.6 Å². The maximum atomic E-state index is 12.0. The molecule has 6 heteroatoms. The highest BCUT2D eigenvalue weighted by molar-refractivity contribution is 9.10. The summed E-state index contributed by atoms with van der Waals surface area (Å²) in [6.07, 6.45) is -0.914. The van der Waals surface area contributed by atoms with Gasteiger partial charge in [-0.25, -0.2) is 4.79 Å². The van der Waals surface area contributed by atoms with Gasteiger partial charge in [-0.1, -0.05) is 24.3 Å². The molecule has 1 N–H and O–H groups in total. The second kappa shape index (κ2) is 8.49. The summed E-state index contributed by atoms with van der Waals surface area (Å²) < 4.78 is 11.2. The van der Waals surface area contributed by atoms with E-state index >= 15 is 0 Å². The van der Waals surface area contributed by atoms with Crippen LogP contribution in [0.1, 0.15) is 12.5 Å². The number of aryl methyl sites for hydroxylation is 1. The summed E-state index contributed by atoms with van der Waals surface area (Å²) in [5.74, 6) is -0.469. The van der Waals surface area contributed by atoms with Crippen molar-refractivity contribution in [2.24, 2.45) is 0 Å². The fourth-order valence-corrected chi connectivity index (χ4v) is 2.52. The van der Waals surface area contributed by atoms with E-state index in [9.17, 15) is 9.59 Å². The molecule has 1 amide bonds. The second-order valence-corrected chi connectivity index (χ2v) is 6.06. The second-order valence-electron chi connectivity index (χ2n) is 5.21. The van der Waals surface area contributed by atoms with Crippen LogP contribution in [0.3, 0.4) is 0 Å². The van der Waals surface area contributed by atoms with Crippen LogP contribution in [-0.2, 0) is 14.3 Å². The number of hydrogen-bond donors (Lipinski definition) is 1. The molecule has 24 heavy (non-hydrogen) atoms. The normalized spacial score (nSPS) is 11.5. The average Bonchev–Trinajstić information content (AvgIpc) is 2.55. The highest BCUT2D eigenvalue weighted by Gasteiger charge is 2.18. The van der Waals surface area contributed by atoms with Crippen molar-refractivity contribution < 1.29 is 19.1 Å². The van der Waals surface area contributed by atoms with Crippen molar-refractivity contribution in [1.29, 1.82) is 0 Å². The molecule has 5 nitrogen and oxygen atoms in total. The molecular formula is C18H18BrNO4. The first-order chi connectivity index (χ1) is 11.5. The number of benzene rings is 2. The summed E-state index contributed by atoms with van der Waals surface area (Å²) in [5, 5.41) is 2.67. The van der Waals surface area contributed by atoms with Crippen LogP contribution < -0.4 is 10.1 Å². The summed E-state index contributed by atoms with van der Waals surface area (Å²) in [4.78, 5) is 23.8. The van der Waals surface area contributed by atoms with Gasteiger partial charge in [0, 0.05) is 5.69 Å². The van der Waals surface area contributed by atoms with E-state index in [-0.39, 0.29) is 6.61 Å². The minimum absolute atomic E-state index is 0.273. The van der Waals surface area contributed by atoms with Gasteiger partial charge in [0.15, 0.2) is 12.7 Å². The summed E-state index contributed by atoms with van der Waals surface area (Å²) in [7, 11) is 0. The Labute approximate surface area is 149 Å². The Balaban J connectivity index is 1.81. The lowest BCUT2D eigenvalue weighted by Crippen LogP contribution is -2.31. The Morgan fingerprint density at radius 3 is 2.54 bits per heavy atom. The van der Waals surface area contributed by atoms with Crippen molar-refractivity contribution in [2.75, 3.05) is 11.9 Å². The first-order valence-corrected chi connectivity index (χ1v) is 8.19. The van der Waals surface area contributed by atoms with Gasteiger partial charge in [0.1, 0.15) is 5.75 Å². The molecule has 0 aromatic heterocycles. The van der Waals surface area contributed by atoms with Gasteiger partial charge in [0.05, 0.1) is 4.47 Å². The molecule has 0 radical (unpaired) electrons. The van der Waals surface area contributed by atoms with Gasteiger partial charge >= 0.3 is 5.97 Å². The molecule has 0 aliphatic carbocycles. The van der Waals surface area contributed by atoms with E-state index in [2.05, 4.69) is 21.2 Å². The molecule has 2 aromatic carbocycles. The number of nitrogens with one attached hydrogen (secondary N) is 1. The molecule has 0 saturated heterocycles. The molecular weight excluding hydrogens is 374 g/mol. The van der Waals surface area contributed by atoms with Crippen molar-refractivity contribution >= 4 is 33.5 Å². The van der Waals surface area contributed by atoms with Gasteiger partial charge in [-0.05, 0) is 59.6 Å². The van der Waals surface area contributed by atoms with Gasteiger partial charge < -0.3 is 14.8 Å². The highest BCUT2D eigenvalue weighted by atomic mass is 79.9. The molecule has 2 rings (SSSR count). The van der Waals surface area contributed by atoms with E-state index in [0.29, 0.717) is 11.4 Å². The smallest absolute Gasteiger partial charge is 0.344 e. The zero-order valence-electron chi connectivity index (χ0n) is 13.4. The zero-order valence-corrected chi connectivity index (χ0v) is 15.0.